The number of alkyl halides is 3. The van der Waals surface area contributed by atoms with E-state index in [1.54, 1.807) is 12.1 Å². The second kappa shape index (κ2) is 5.18. The van der Waals surface area contributed by atoms with Gasteiger partial charge < -0.3 is 5.73 Å². The van der Waals surface area contributed by atoms with Gasteiger partial charge in [0, 0.05) is 3.57 Å². The van der Waals surface area contributed by atoms with E-state index in [0.29, 0.717) is 0 Å². The first kappa shape index (κ1) is 14.0. The lowest BCUT2D eigenvalue weighted by Crippen LogP contribution is -2.28. The largest absolute Gasteiger partial charge is 0.407 e. The number of hydrogen-bond acceptors (Lipinski definition) is 1. The van der Waals surface area contributed by atoms with Crippen molar-refractivity contribution in [2.24, 2.45) is 5.73 Å². The van der Waals surface area contributed by atoms with Crippen LogP contribution in [0.5, 0.6) is 0 Å². The minimum atomic E-state index is -4.37. The zero-order chi connectivity index (χ0) is 10.1. The van der Waals surface area contributed by atoms with Gasteiger partial charge in [-0.1, -0.05) is 12.1 Å². The van der Waals surface area contributed by atoms with Crippen LogP contribution in [-0.4, -0.2) is 6.18 Å². The van der Waals surface area contributed by atoms with Gasteiger partial charge in [0.2, 0.25) is 0 Å². The number of hydrogen-bond donors (Lipinski definition) is 1. The van der Waals surface area contributed by atoms with Gasteiger partial charge >= 0.3 is 6.18 Å². The molecule has 0 spiro atoms. The van der Waals surface area contributed by atoms with Crippen molar-refractivity contribution in [2.45, 2.75) is 12.2 Å². The van der Waals surface area contributed by atoms with E-state index in [1.807, 2.05) is 22.6 Å². The van der Waals surface area contributed by atoms with E-state index in [9.17, 15) is 13.2 Å². The summed E-state index contributed by atoms with van der Waals surface area (Å²) in [5, 5.41) is 0. The van der Waals surface area contributed by atoms with Crippen molar-refractivity contribution in [1.82, 2.24) is 0 Å². The maximum absolute atomic E-state index is 12.1. The van der Waals surface area contributed by atoms with Crippen LogP contribution in [0.2, 0.25) is 0 Å². The zero-order valence-electron chi connectivity index (χ0n) is 6.88. The molecule has 80 valence electrons. The number of rotatable bonds is 1. The van der Waals surface area contributed by atoms with Gasteiger partial charge in [0.25, 0.3) is 0 Å². The first-order valence-electron chi connectivity index (χ1n) is 3.49. The SMILES string of the molecule is Cl.NC(c1ccc(I)cc1)C(F)(F)F. The molecule has 1 aromatic rings. The first-order chi connectivity index (χ1) is 5.91. The van der Waals surface area contributed by atoms with Crippen LogP contribution < -0.4 is 5.73 Å². The maximum Gasteiger partial charge on any atom is 0.407 e. The molecule has 0 aliphatic heterocycles. The molecular weight excluding hydrogens is 329 g/mol. The molecule has 2 N–H and O–H groups in total. The van der Waals surface area contributed by atoms with E-state index >= 15 is 0 Å². The molecule has 1 unspecified atom stereocenters. The van der Waals surface area contributed by atoms with Crippen molar-refractivity contribution >= 4 is 35.0 Å². The summed E-state index contributed by atoms with van der Waals surface area (Å²) in [6.45, 7) is 0. The Balaban J connectivity index is 0.00000169. The van der Waals surface area contributed by atoms with Crippen molar-refractivity contribution in [3.8, 4) is 0 Å². The summed E-state index contributed by atoms with van der Waals surface area (Å²) >= 11 is 2.02. The van der Waals surface area contributed by atoms with Gasteiger partial charge in [0.05, 0.1) is 0 Å². The van der Waals surface area contributed by atoms with Crippen LogP contribution >= 0.6 is 35.0 Å². The van der Waals surface area contributed by atoms with Crippen molar-refractivity contribution in [2.75, 3.05) is 0 Å². The number of nitrogens with two attached hydrogens (primary N) is 1. The van der Waals surface area contributed by atoms with Gasteiger partial charge in [-0.05, 0) is 40.3 Å². The highest BCUT2D eigenvalue weighted by atomic mass is 127. The molecule has 0 saturated heterocycles. The molecule has 0 saturated carbocycles. The Morgan fingerprint density at radius 2 is 1.57 bits per heavy atom. The normalized spacial score (nSPS) is 13.2. The van der Waals surface area contributed by atoms with Crippen LogP contribution in [-0.2, 0) is 0 Å². The quantitative estimate of drug-likeness (QED) is 0.782. The molecule has 0 amide bonds. The van der Waals surface area contributed by atoms with Crippen molar-refractivity contribution in [3.05, 3.63) is 33.4 Å². The molecular formula is C8H8ClF3IN. The topological polar surface area (TPSA) is 26.0 Å². The summed E-state index contributed by atoms with van der Waals surface area (Å²) in [7, 11) is 0. The molecule has 14 heavy (non-hydrogen) atoms. The van der Waals surface area contributed by atoms with Crippen molar-refractivity contribution < 1.29 is 13.2 Å². The fourth-order valence-corrected chi connectivity index (χ4v) is 1.22. The van der Waals surface area contributed by atoms with E-state index in [4.69, 9.17) is 5.73 Å². The Labute approximate surface area is 99.4 Å². The standard InChI is InChI=1S/C8H7F3IN.ClH/c9-8(10,11)7(13)5-1-3-6(12)4-2-5;/h1-4,7H,13H2;1H. The summed E-state index contributed by atoms with van der Waals surface area (Å²) in [4.78, 5) is 0. The Kier molecular flexibility index (Phi) is 5.17. The summed E-state index contributed by atoms with van der Waals surface area (Å²) in [6, 6.07) is 4.09. The lowest BCUT2D eigenvalue weighted by Gasteiger charge is -2.15. The van der Waals surface area contributed by atoms with E-state index in [0.717, 1.165) is 3.57 Å². The lowest BCUT2D eigenvalue weighted by molar-refractivity contribution is -0.149. The number of benzene rings is 1. The third-order valence-corrected chi connectivity index (χ3v) is 2.30. The molecule has 0 radical (unpaired) electrons. The van der Waals surface area contributed by atoms with E-state index in [2.05, 4.69) is 0 Å². The first-order valence-corrected chi connectivity index (χ1v) is 4.57. The monoisotopic (exact) mass is 337 g/mol. The molecule has 0 heterocycles. The molecule has 0 fully saturated rings. The van der Waals surface area contributed by atoms with Crippen LogP contribution in [0, 0.1) is 3.57 Å². The molecule has 0 bridgehead atoms. The molecule has 1 nitrogen and oxygen atoms in total. The van der Waals surface area contributed by atoms with Gasteiger partial charge in [-0.15, -0.1) is 12.4 Å². The fourth-order valence-electron chi connectivity index (χ4n) is 0.859. The summed E-state index contributed by atoms with van der Waals surface area (Å²) in [6.07, 6.45) is -4.37. The Hall–Kier alpha value is -0.0100. The molecule has 1 aromatic carbocycles. The minimum absolute atomic E-state index is 0. The van der Waals surface area contributed by atoms with Crippen molar-refractivity contribution in [1.29, 1.82) is 0 Å². The van der Waals surface area contributed by atoms with Gasteiger partial charge in [0.15, 0.2) is 0 Å². The third-order valence-electron chi connectivity index (χ3n) is 1.58. The van der Waals surface area contributed by atoms with Crippen LogP contribution in [0.25, 0.3) is 0 Å². The highest BCUT2D eigenvalue weighted by Crippen LogP contribution is 2.30. The average Bonchev–Trinajstić information content (AvgIpc) is 2.03. The van der Waals surface area contributed by atoms with Gasteiger partial charge in [-0.3, -0.25) is 0 Å². The highest BCUT2D eigenvalue weighted by molar-refractivity contribution is 14.1. The molecule has 1 rings (SSSR count). The van der Waals surface area contributed by atoms with E-state index < -0.39 is 12.2 Å². The second-order valence-corrected chi connectivity index (χ2v) is 3.82. The van der Waals surface area contributed by atoms with Crippen LogP contribution in [0.4, 0.5) is 13.2 Å². The third kappa shape index (κ3) is 3.62. The predicted octanol–water partition coefficient (Wildman–Crippen LogP) is 3.28. The molecule has 0 aromatic heterocycles. The van der Waals surface area contributed by atoms with E-state index in [1.165, 1.54) is 12.1 Å². The summed E-state index contributed by atoms with van der Waals surface area (Å²) < 4.78 is 37.2. The number of halogens is 5. The van der Waals surface area contributed by atoms with Crippen LogP contribution in [0.3, 0.4) is 0 Å². The van der Waals surface area contributed by atoms with Crippen molar-refractivity contribution in [3.63, 3.8) is 0 Å². The zero-order valence-corrected chi connectivity index (χ0v) is 9.86. The van der Waals surface area contributed by atoms with Crippen LogP contribution in [0.1, 0.15) is 11.6 Å². The molecule has 1 atom stereocenters. The Bertz CT molecular complexity index is 286. The molecule has 0 aliphatic rings. The van der Waals surface area contributed by atoms with Gasteiger partial charge in [0.1, 0.15) is 6.04 Å². The smallest absolute Gasteiger partial charge is 0.316 e. The molecule has 6 heteroatoms. The fraction of sp³-hybridized carbons (Fsp3) is 0.250. The van der Waals surface area contributed by atoms with Crippen LogP contribution in [0.15, 0.2) is 24.3 Å². The predicted molar refractivity (Wildman–Crippen MR) is 59.4 cm³/mol. The van der Waals surface area contributed by atoms with Gasteiger partial charge in [-0.2, -0.15) is 13.2 Å². The Morgan fingerprint density at radius 3 is 1.93 bits per heavy atom. The van der Waals surface area contributed by atoms with Gasteiger partial charge in [-0.25, -0.2) is 0 Å². The highest BCUT2D eigenvalue weighted by Gasteiger charge is 2.37. The average molecular weight is 338 g/mol. The lowest BCUT2D eigenvalue weighted by atomic mass is 10.1. The second-order valence-electron chi connectivity index (χ2n) is 2.57. The maximum atomic E-state index is 12.1. The van der Waals surface area contributed by atoms with E-state index in [-0.39, 0.29) is 18.0 Å². The minimum Gasteiger partial charge on any atom is -0.316 e. The summed E-state index contributed by atoms with van der Waals surface area (Å²) in [5.74, 6) is 0. The summed E-state index contributed by atoms with van der Waals surface area (Å²) in [5.41, 5.74) is 5.09. The molecule has 0 aliphatic carbocycles. The Morgan fingerprint density at radius 1 is 1.14 bits per heavy atom.